The monoisotopic (exact) mass is 389 g/mol. The van der Waals surface area contributed by atoms with Crippen molar-refractivity contribution in [2.24, 2.45) is 0 Å². The van der Waals surface area contributed by atoms with Crippen LogP contribution in [0.2, 0.25) is 0 Å². The van der Waals surface area contributed by atoms with Gasteiger partial charge in [-0.2, -0.15) is 0 Å². The number of amides is 1. The van der Waals surface area contributed by atoms with Crippen LogP contribution in [-0.4, -0.2) is 16.4 Å². The highest BCUT2D eigenvalue weighted by Crippen LogP contribution is 2.14. The lowest BCUT2D eigenvalue weighted by atomic mass is 10.1. The summed E-state index contributed by atoms with van der Waals surface area (Å²) in [7, 11) is 0. The number of rotatable bonds is 5. The number of carbonyl (C=O) groups excluding carboxylic acids is 3. The van der Waals surface area contributed by atoms with Crippen LogP contribution in [-0.2, 0) is 4.79 Å². The number of halogens is 2. The van der Waals surface area contributed by atoms with E-state index in [2.05, 4.69) is 6.58 Å². The maximum absolute atomic E-state index is 11.5. The van der Waals surface area contributed by atoms with E-state index in [-0.39, 0.29) is 17.0 Å². The molecular weight excluding hydrogens is 373 g/mol. The maximum Gasteiger partial charge on any atom is 0.254 e. The Morgan fingerprint density at radius 2 is 1.35 bits per heavy atom. The molecule has 6 heteroatoms. The lowest BCUT2D eigenvalue weighted by Gasteiger charge is -2.15. The molecule has 2 aromatic carbocycles. The van der Waals surface area contributed by atoms with E-state index >= 15 is 0 Å². The molecule has 0 heterocycles. The normalized spacial score (nSPS) is 9.81. The van der Waals surface area contributed by atoms with Gasteiger partial charge in [-0.05, 0) is 60.5 Å². The average Bonchev–Trinajstić information content (AvgIpc) is 2.66. The summed E-state index contributed by atoms with van der Waals surface area (Å²) in [4.78, 5) is 34.5. The molecule has 0 aliphatic heterocycles. The van der Waals surface area contributed by atoms with Gasteiger partial charge in [-0.3, -0.25) is 19.3 Å². The second-order valence-electron chi connectivity index (χ2n) is 4.82. The minimum Gasteiger partial charge on any atom is -0.285 e. The van der Waals surface area contributed by atoms with E-state index < -0.39 is 10.5 Å². The molecule has 0 saturated heterocycles. The maximum atomic E-state index is 11.5. The fraction of sp³-hybridized carbons (Fsp3) is 0.0500. The Morgan fingerprint density at radius 3 is 1.73 bits per heavy atom. The van der Waals surface area contributed by atoms with Crippen LogP contribution in [0.4, 0.5) is 5.69 Å². The van der Waals surface area contributed by atoms with E-state index in [0.29, 0.717) is 0 Å². The summed E-state index contributed by atoms with van der Waals surface area (Å²) in [5, 5.41) is -1.36. The van der Waals surface area contributed by atoms with Crippen molar-refractivity contribution in [1.82, 2.24) is 0 Å². The van der Waals surface area contributed by atoms with Crippen molar-refractivity contribution in [2.75, 3.05) is 4.90 Å². The summed E-state index contributed by atoms with van der Waals surface area (Å²) in [5.74, 6) is -0.130. The van der Waals surface area contributed by atoms with Crippen LogP contribution in [0.15, 0.2) is 79.5 Å². The van der Waals surface area contributed by atoms with Crippen LogP contribution in [0.5, 0.6) is 0 Å². The zero-order chi connectivity index (χ0) is 19.5. The minimum atomic E-state index is -0.681. The van der Waals surface area contributed by atoms with Gasteiger partial charge in [-0.1, -0.05) is 43.0 Å². The third-order valence-corrected chi connectivity index (χ3v) is 3.50. The van der Waals surface area contributed by atoms with E-state index in [9.17, 15) is 14.4 Å². The van der Waals surface area contributed by atoms with Gasteiger partial charge in [0.1, 0.15) is 0 Å². The first-order chi connectivity index (χ1) is 12.4. The first-order valence-electron chi connectivity index (χ1n) is 7.54. The van der Waals surface area contributed by atoms with E-state index in [4.69, 9.17) is 23.2 Å². The molecule has 2 aromatic rings. The molecule has 0 radical (unpaired) electrons. The lowest BCUT2D eigenvalue weighted by molar-refractivity contribution is -0.113. The topological polar surface area (TPSA) is 54.5 Å². The van der Waals surface area contributed by atoms with E-state index in [1.807, 2.05) is 43.3 Å². The Kier molecular flexibility index (Phi) is 9.06. The first-order valence-corrected chi connectivity index (χ1v) is 8.30. The van der Waals surface area contributed by atoms with Crippen molar-refractivity contribution in [3.05, 3.63) is 90.7 Å². The second-order valence-corrected chi connectivity index (χ2v) is 5.51. The van der Waals surface area contributed by atoms with Crippen molar-refractivity contribution >= 4 is 45.3 Å². The molecule has 0 atom stereocenters. The molecule has 4 nitrogen and oxygen atoms in total. The number of nitrogens with zero attached hydrogens (tertiary/aromatic N) is 1. The largest absolute Gasteiger partial charge is 0.285 e. The summed E-state index contributed by atoms with van der Waals surface area (Å²) in [6.07, 6.45) is 4.83. The third-order valence-electron chi connectivity index (χ3n) is 3.10. The molecule has 0 aromatic heterocycles. The second kappa shape index (κ2) is 11.0. The summed E-state index contributed by atoms with van der Waals surface area (Å²) >= 11 is 10.4. The smallest absolute Gasteiger partial charge is 0.254 e. The van der Waals surface area contributed by atoms with Crippen LogP contribution in [0.1, 0.15) is 27.6 Å². The van der Waals surface area contributed by atoms with Gasteiger partial charge in [0.05, 0.1) is 0 Å². The number of allylic oxidation sites excluding steroid dienone is 1. The number of carbonyl (C=O) groups is 3. The molecule has 0 aliphatic rings. The predicted octanol–water partition coefficient (Wildman–Crippen LogP) is 5.18. The molecular formula is C20H17Cl2NO3. The summed E-state index contributed by atoms with van der Waals surface area (Å²) < 4.78 is 0. The highest BCUT2D eigenvalue weighted by molar-refractivity contribution is 6.71. The molecule has 2 rings (SSSR count). The Labute approximate surface area is 162 Å². The summed E-state index contributed by atoms with van der Waals surface area (Å²) in [6.45, 7) is 5.33. The van der Waals surface area contributed by atoms with Crippen LogP contribution in [0.3, 0.4) is 0 Å². The fourth-order valence-corrected chi connectivity index (χ4v) is 2.28. The number of benzene rings is 2. The zero-order valence-corrected chi connectivity index (χ0v) is 15.6. The van der Waals surface area contributed by atoms with Crippen LogP contribution in [0, 0.1) is 0 Å². The highest BCUT2D eigenvalue weighted by atomic mass is 35.5. The van der Waals surface area contributed by atoms with Gasteiger partial charge in [0.15, 0.2) is 0 Å². The van der Waals surface area contributed by atoms with E-state index in [1.54, 1.807) is 23.2 Å². The number of hydrogen-bond donors (Lipinski definition) is 0. The van der Waals surface area contributed by atoms with Crippen molar-refractivity contribution in [1.29, 1.82) is 0 Å². The van der Waals surface area contributed by atoms with Gasteiger partial charge in [0, 0.05) is 23.0 Å². The van der Waals surface area contributed by atoms with Crippen molar-refractivity contribution in [2.45, 2.75) is 6.92 Å². The summed E-state index contributed by atoms with van der Waals surface area (Å²) in [5.41, 5.74) is 1.12. The van der Waals surface area contributed by atoms with Crippen molar-refractivity contribution in [3.63, 3.8) is 0 Å². The predicted molar refractivity (Wildman–Crippen MR) is 106 cm³/mol. The minimum absolute atomic E-state index is 0.130. The standard InChI is InChI=1S/C12H13NO.C8H4Cl2O2/c1-3-10-13(12(14)4-2)11-8-6-5-7-9-11;9-7(11)5-3-1-2-4-6(5)8(10)12/h3-10H,2H2,1H3;1-4H. The zero-order valence-electron chi connectivity index (χ0n) is 14.1. The Bertz CT molecular complexity index is 784. The Hall–Kier alpha value is -2.69. The SMILES string of the molecule is C=CC(=O)N(C=CC)c1ccccc1.O=C(Cl)c1ccccc1C(=O)Cl. The Morgan fingerprint density at radius 1 is 0.885 bits per heavy atom. The van der Waals surface area contributed by atoms with E-state index in [0.717, 1.165) is 5.69 Å². The molecule has 0 unspecified atom stereocenters. The molecule has 0 fully saturated rings. The quantitative estimate of drug-likeness (QED) is 0.522. The molecule has 0 aliphatic carbocycles. The fourth-order valence-electron chi connectivity index (χ4n) is 1.95. The first kappa shape index (κ1) is 21.4. The van der Waals surface area contributed by atoms with Gasteiger partial charge in [0.2, 0.25) is 0 Å². The number of para-hydroxylation sites is 1. The molecule has 0 bridgehead atoms. The third kappa shape index (κ3) is 6.31. The molecule has 134 valence electrons. The number of anilines is 1. The van der Waals surface area contributed by atoms with Gasteiger partial charge in [-0.15, -0.1) is 0 Å². The van der Waals surface area contributed by atoms with Gasteiger partial charge in [0.25, 0.3) is 16.4 Å². The number of hydrogen-bond acceptors (Lipinski definition) is 3. The van der Waals surface area contributed by atoms with Gasteiger partial charge >= 0.3 is 0 Å². The molecule has 0 saturated carbocycles. The van der Waals surface area contributed by atoms with Crippen LogP contribution >= 0.6 is 23.2 Å². The van der Waals surface area contributed by atoms with Crippen molar-refractivity contribution < 1.29 is 14.4 Å². The molecule has 26 heavy (non-hydrogen) atoms. The van der Waals surface area contributed by atoms with Gasteiger partial charge in [-0.25, -0.2) is 0 Å². The summed E-state index contributed by atoms with van der Waals surface area (Å²) in [6, 6.07) is 15.6. The van der Waals surface area contributed by atoms with Crippen LogP contribution in [0.25, 0.3) is 0 Å². The van der Waals surface area contributed by atoms with Gasteiger partial charge < -0.3 is 0 Å². The molecule has 0 N–H and O–H groups in total. The average molecular weight is 390 g/mol. The lowest BCUT2D eigenvalue weighted by Crippen LogP contribution is -2.22. The molecule has 1 amide bonds. The highest BCUT2D eigenvalue weighted by Gasteiger charge is 2.12. The van der Waals surface area contributed by atoms with E-state index in [1.165, 1.54) is 18.2 Å². The van der Waals surface area contributed by atoms with Crippen LogP contribution < -0.4 is 4.90 Å². The van der Waals surface area contributed by atoms with Crippen molar-refractivity contribution in [3.8, 4) is 0 Å². The Balaban J connectivity index is 0.000000263. The molecule has 0 spiro atoms.